The van der Waals surface area contributed by atoms with E-state index in [-0.39, 0.29) is 17.5 Å². The van der Waals surface area contributed by atoms with E-state index in [0.29, 0.717) is 24.5 Å². The minimum atomic E-state index is -0.161. The number of amides is 1. The van der Waals surface area contributed by atoms with Gasteiger partial charge in [-0.3, -0.25) is 9.59 Å². The lowest BCUT2D eigenvalue weighted by Gasteiger charge is -2.24. The number of nitrogens with one attached hydrogen (secondary N) is 1. The molecule has 0 radical (unpaired) electrons. The number of hydrogen-bond donors (Lipinski definition) is 1. The third kappa shape index (κ3) is 3.33. The Morgan fingerprint density at radius 3 is 2.87 bits per heavy atom. The van der Waals surface area contributed by atoms with Gasteiger partial charge < -0.3 is 9.88 Å². The Hall–Kier alpha value is -2.43. The Morgan fingerprint density at radius 2 is 2.13 bits per heavy atom. The standard InChI is InChI=1S/C18H21N3O2/c1-12-6-3-4-7-14(12)11-17(23)21-9-5-8-15(21)18-19-13(2)10-16(22)20-18/h3-4,6-7,10,15H,5,8-9,11H2,1-2H3,(H,19,20,22). The van der Waals surface area contributed by atoms with Gasteiger partial charge in [0, 0.05) is 18.3 Å². The minimum absolute atomic E-state index is 0.0888. The zero-order valence-electron chi connectivity index (χ0n) is 13.5. The second-order valence-electron chi connectivity index (χ2n) is 6.12. The Kier molecular flexibility index (Phi) is 4.28. The lowest BCUT2D eigenvalue weighted by Crippen LogP contribution is -2.33. The second-order valence-corrected chi connectivity index (χ2v) is 6.12. The van der Waals surface area contributed by atoms with Crippen molar-refractivity contribution in [2.45, 2.75) is 39.2 Å². The van der Waals surface area contributed by atoms with Gasteiger partial charge in [-0.2, -0.15) is 0 Å². The summed E-state index contributed by atoms with van der Waals surface area (Å²) in [5.74, 6) is 0.691. The van der Waals surface area contributed by atoms with Crippen LogP contribution in [0.15, 0.2) is 35.1 Å². The molecule has 2 aromatic rings. The molecule has 1 aliphatic heterocycles. The summed E-state index contributed by atoms with van der Waals surface area (Å²) >= 11 is 0. The molecule has 23 heavy (non-hydrogen) atoms. The highest BCUT2D eigenvalue weighted by atomic mass is 16.2. The van der Waals surface area contributed by atoms with Crippen molar-refractivity contribution in [3.63, 3.8) is 0 Å². The molecule has 0 spiro atoms. The molecular weight excluding hydrogens is 290 g/mol. The van der Waals surface area contributed by atoms with E-state index in [4.69, 9.17) is 0 Å². The minimum Gasteiger partial charge on any atom is -0.332 e. The maximum absolute atomic E-state index is 12.7. The lowest BCUT2D eigenvalue weighted by molar-refractivity contribution is -0.131. The van der Waals surface area contributed by atoms with Crippen LogP contribution in [0.1, 0.15) is 41.5 Å². The Morgan fingerprint density at radius 1 is 1.35 bits per heavy atom. The van der Waals surface area contributed by atoms with E-state index in [1.807, 2.05) is 36.1 Å². The van der Waals surface area contributed by atoms with Crippen LogP contribution in [0.2, 0.25) is 0 Å². The van der Waals surface area contributed by atoms with Gasteiger partial charge in [-0.05, 0) is 37.8 Å². The molecule has 1 N–H and O–H groups in total. The highest BCUT2D eigenvalue weighted by Crippen LogP contribution is 2.30. The number of likely N-dealkylation sites (tertiary alicyclic amines) is 1. The molecule has 1 saturated heterocycles. The molecule has 1 aromatic carbocycles. The molecule has 0 saturated carbocycles. The number of aromatic amines is 1. The molecule has 120 valence electrons. The van der Waals surface area contributed by atoms with Crippen LogP contribution in [-0.4, -0.2) is 27.3 Å². The van der Waals surface area contributed by atoms with Gasteiger partial charge >= 0.3 is 0 Å². The van der Waals surface area contributed by atoms with E-state index >= 15 is 0 Å². The topological polar surface area (TPSA) is 66.1 Å². The number of aryl methyl sites for hydroxylation is 2. The first-order valence-electron chi connectivity index (χ1n) is 7.96. The molecule has 5 heteroatoms. The first kappa shape index (κ1) is 15.5. The number of aromatic nitrogens is 2. The number of H-pyrrole nitrogens is 1. The number of carbonyl (C=O) groups is 1. The van der Waals surface area contributed by atoms with Gasteiger partial charge in [-0.15, -0.1) is 0 Å². The molecule has 1 amide bonds. The van der Waals surface area contributed by atoms with Crippen molar-refractivity contribution >= 4 is 5.91 Å². The zero-order valence-corrected chi connectivity index (χ0v) is 13.5. The summed E-state index contributed by atoms with van der Waals surface area (Å²) < 4.78 is 0. The number of hydrogen-bond acceptors (Lipinski definition) is 3. The highest BCUT2D eigenvalue weighted by molar-refractivity contribution is 5.79. The fourth-order valence-corrected chi connectivity index (χ4v) is 3.18. The predicted octanol–water partition coefficient (Wildman–Crippen LogP) is 2.29. The first-order chi connectivity index (χ1) is 11.0. The van der Waals surface area contributed by atoms with E-state index in [0.717, 1.165) is 24.0 Å². The van der Waals surface area contributed by atoms with E-state index < -0.39 is 0 Å². The van der Waals surface area contributed by atoms with Gasteiger partial charge in [-0.1, -0.05) is 24.3 Å². The molecule has 1 atom stereocenters. The monoisotopic (exact) mass is 311 g/mol. The fraction of sp³-hybridized carbons (Fsp3) is 0.389. The van der Waals surface area contributed by atoms with Crippen molar-refractivity contribution in [1.29, 1.82) is 0 Å². The van der Waals surface area contributed by atoms with Gasteiger partial charge in [0.05, 0.1) is 12.5 Å². The van der Waals surface area contributed by atoms with Crippen molar-refractivity contribution < 1.29 is 4.79 Å². The molecule has 5 nitrogen and oxygen atoms in total. The predicted molar refractivity (Wildman–Crippen MR) is 88.2 cm³/mol. The summed E-state index contributed by atoms with van der Waals surface area (Å²) in [5, 5.41) is 0. The van der Waals surface area contributed by atoms with Gasteiger partial charge in [-0.25, -0.2) is 4.98 Å². The quantitative estimate of drug-likeness (QED) is 0.946. The average Bonchev–Trinajstić information content (AvgIpc) is 2.98. The number of carbonyl (C=O) groups excluding carboxylic acids is 1. The summed E-state index contributed by atoms with van der Waals surface area (Å²) in [4.78, 5) is 33.5. The lowest BCUT2D eigenvalue weighted by atomic mass is 10.0. The average molecular weight is 311 g/mol. The molecule has 1 fully saturated rings. The maximum atomic E-state index is 12.7. The van der Waals surface area contributed by atoms with Gasteiger partial charge in [0.1, 0.15) is 5.82 Å². The van der Waals surface area contributed by atoms with Crippen LogP contribution in [0.4, 0.5) is 0 Å². The molecule has 1 aromatic heterocycles. The highest BCUT2D eigenvalue weighted by Gasteiger charge is 2.31. The Labute approximate surface area is 135 Å². The fourth-order valence-electron chi connectivity index (χ4n) is 3.18. The SMILES string of the molecule is Cc1cc(=O)[nH]c(C2CCCN2C(=O)Cc2ccccc2C)n1. The first-order valence-corrected chi connectivity index (χ1v) is 7.96. The summed E-state index contributed by atoms with van der Waals surface area (Å²) in [6.07, 6.45) is 2.16. The largest absolute Gasteiger partial charge is 0.332 e. The normalized spacial score (nSPS) is 17.5. The van der Waals surface area contributed by atoms with Crippen molar-refractivity contribution in [3.05, 3.63) is 63.3 Å². The maximum Gasteiger partial charge on any atom is 0.251 e. The second kappa shape index (κ2) is 6.36. The van der Waals surface area contributed by atoms with Gasteiger partial charge in [0.25, 0.3) is 5.56 Å². The van der Waals surface area contributed by atoms with Gasteiger partial charge in [0.15, 0.2) is 0 Å². The third-order valence-electron chi connectivity index (χ3n) is 4.38. The molecule has 1 aliphatic rings. The molecule has 3 rings (SSSR count). The van der Waals surface area contributed by atoms with Crippen molar-refractivity contribution in [2.24, 2.45) is 0 Å². The molecule has 0 bridgehead atoms. The summed E-state index contributed by atoms with van der Waals surface area (Å²) in [6.45, 7) is 4.53. The number of benzene rings is 1. The van der Waals surface area contributed by atoms with Crippen LogP contribution in [0.25, 0.3) is 0 Å². The summed E-state index contributed by atoms with van der Waals surface area (Å²) in [6, 6.07) is 9.28. The Balaban J connectivity index is 1.82. The smallest absolute Gasteiger partial charge is 0.251 e. The number of nitrogens with zero attached hydrogens (tertiary/aromatic N) is 2. The van der Waals surface area contributed by atoms with Gasteiger partial charge in [0.2, 0.25) is 5.91 Å². The van der Waals surface area contributed by atoms with Crippen LogP contribution < -0.4 is 5.56 Å². The molecule has 2 heterocycles. The third-order valence-corrected chi connectivity index (χ3v) is 4.38. The van der Waals surface area contributed by atoms with Crippen molar-refractivity contribution in [2.75, 3.05) is 6.54 Å². The van der Waals surface area contributed by atoms with Crippen LogP contribution in [0.5, 0.6) is 0 Å². The molecule has 0 aliphatic carbocycles. The summed E-state index contributed by atoms with van der Waals surface area (Å²) in [7, 11) is 0. The van der Waals surface area contributed by atoms with Crippen molar-refractivity contribution in [1.82, 2.24) is 14.9 Å². The summed E-state index contributed by atoms with van der Waals surface area (Å²) in [5.41, 5.74) is 2.69. The van der Waals surface area contributed by atoms with E-state index in [2.05, 4.69) is 9.97 Å². The van der Waals surface area contributed by atoms with E-state index in [1.165, 1.54) is 6.07 Å². The zero-order chi connectivity index (χ0) is 16.4. The van der Waals surface area contributed by atoms with E-state index in [1.54, 1.807) is 6.92 Å². The molecule has 1 unspecified atom stereocenters. The van der Waals surface area contributed by atoms with Crippen LogP contribution in [-0.2, 0) is 11.2 Å². The van der Waals surface area contributed by atoms with Crippen LogP contribution >= 0.6 is 0 Å². The molecular formula is C18H21N3O2. The van der Waals surface area contributed by atoms with E-state index in [9.17, 15) is 9.59 Å². The van der Waals surface area contributed by atoms with Crippen molar-refractivity contribution in [3.8, 4) is 0 Å². The number of rotatable bonds is 3. The van der Waals surface area contributed by atoms with Crippen LogP contribution in [0, 0.1) is 13.8 Å². The Bertz CT molecular complexity index is 782. The van der Waals surface area contributed by atoms with Crippen LogP contribution in [0.3, 0.4) is 0 Å².